The third-order valence-electron chi connectivity index (χ3n) is 3.77. The highest BCUT2D eigenvalue weighted by atomic mass is 32.1. The zero-order valence-corrected chi connectivity index (χ0v) is 12.4. The molecule has 2 N–H and O–H groups in total. The molecule has 1 unspecified atom stereocenters. The zero-order valence-electron chi connectivity index (χ0n) is 11.6. The maximum Gasteiger partial charge on any atom is 0.311 e. The van der Waals surface area contributed by atoms with E-state index in [0.29, 0.717) is 12.8 Å². The van der Waals surface area contributed by atoms with Crippen LogP contribution in [0.3, 0.4) is 0 Å². The maximum absolute atomic E-state index is 12.0. The van der Waals surface area contributed by atoms with Crippen molar-refractivity contribution in [1.29, 1.82) is 0 Å². The van der Waals surface area contributed by atoms with Gasteiger partial charge in [0.05, 0.1) is 11.3 Å². The standard InChI is InChI=1S/C14H21NO3S/c1-4-14(5-2,13(17)18)9-15-12(16)10(3)11-7-6-8-19-11/h6-8,10H,4-5,9H2,1-3H3,(H,15,16)(H,17,18). The fourth-order valence-corrected chi connectivity index (χ4v) is 2.74. The summed E-state index contributed by atoms with van der Waals surface area (Å²) in [6.45, 7) is 5.70. The topological polar surface area (TPSA) is 66.4 Å². The third-order valence-corrected chi connectivity index (χ3v) is 4.83. The summed E-state index contributed by atoms with van der Waals surface area (Å²) in [4.78, 5) is 24.4. The minimum Gasteiger partial charge on any atom is -0.481 e. The Balaban J connectivity index is 2.65. The molecule has 5 heteroatoms. The highest BCUT2D eigenvalue weighted by Crippen LogP contribution is 2.26. The summed E-state index contributed by atoms with van der Waals surface area (Å²) in [5.41, 5.74) is -0.856. The van der Waals surface area contributed by atoms with Gasteiger partial charge in [-0.15, -0.1) is 11.3 Å². The lowest BCUT2D eigenvalue weighted by atomic mass is 9.82. The number of hydrogen-bond acceptors (Lipinski definition) is 3. The first-order chi connectivity index (χ1) is 8.96. The first-order valence-corrected chi connectivity index (χ1v) is 7.39. The molecule has 0 radical (unpaired) electrons. The van der Waals surface area contributed by atoms with E-state index in [4.69, 9.17) is 0 Å². The van der Waals surface area contributed by atoms with Gasteiger partial charge < -0.3 is 10.4 Å². The lowest BCUT2D eigenvalue weighted by Crippen LogP contribution is -2.43. The van der Waals surface area contributed by atoms with E-state index in [1.807, 2.05) is 38.3 Å². The Labute approximate surface area is 117 Å². The van der Waals surface area contributed by atoms with Crippen LogP contribution in [0.25, 0.3) is 0 Å². The lowest BCUT2D eigenvalue weighted by Gasteiger charge is -2.27. The van der Waals surface area contributed by atoms with Crippen LogP contribution in [0.1, 0.15) is 44.4 Å². The minimum atomic E-state index is -0.856. The Morgan fingerprint density at radius 1 is 1.42 bits per heavy atom. The monoisotopic (exact) mass is 283 g/mol. The molecule has 1 aromatic rings. The van der Waals surface area contributed by atoms with Gasteiger partial charge in [0.1, 0.15) is 0 Å². The fraction of sp³-hybridized carbons (Fsp3) is 0.571. The van der Waals surface area contributed by atoms with Crippen molar-refractivity contribution in [2.75, 3.05) is 6.54 Å². The highest BCUT2D eigenvalue weighted by Gasteiger charge is 2.35. The number of aliphatic carboxylic acids is 1. The number of hydrogen-bond donors (Lipinski definition) is 2. The molecule has 0 saturated carbocycles. The second-order valence-electron chi connectivity index (χ2n) is 4.75. The van der Waals surface area contributed by atoms with E-state index in [9.17, 15) is 14.7 Å². The van der Waals surface area contributed by atoms with E-state index in [0.717, 1.165) is 4.88 Å². The van der Waals surface area contributed by atoms with Crippen LogP contribution in [0.4, 0.5) is 0 Å². The van der Waals surface area contributed by atoms with Gasteiger partial charge in [-0.05, 0) is 31.2 Å². The van der Waals surface area contributed by atoms with E-state index in [1.54, 1.807) is 0 Å². The van der Waals surface area contributed by atoms with Crippen molar-refractivity contribution in [3.05, 3.63) is 22.4 Å². The molecule has 0 aliphatic carbocycles. The summed E-state index contributed by atoms with van der Waals surface area (Å²) in [5, 5.41) is 14.0. The van der Waals surface area contributed by atoms with Crippen LogP contribution in [0, 0.1) is 5.41 Å². The van der Waals surface area contributed by atoms with Crippen molar-refractivity contribution in [1.82, 2.24) is 5.32 Å². The molecular formula is C14H21NO3S. The molecular weight excluding hydrogens is 262 g/mol. The van der Waals surface area contributed by atoms with Gasteiger partial charge in [0.2, 0.25) is 5.91 Å². The SMILES string of the molecule is CCC(CC)(CNC(=O)C(C)c1cccs1)C(=O)O. The van der Waals surface area contributed by atoms with Crippen LogP contribution in [-0.4, -0.2) is 23.5 Å². The van der Waals surface area contributed by atoms with Gasteiger partial charge in [-0.2, -0.15) is 0 Å². The van der Waals surface area contributed by atoms with Crippen LogP contribution in [-0.2, 0) is 9.59 Å². The summed E-state index contributed by atoms with van der Waals surface area (Å²) < 4.78 is 0. The van der Waals surface area contributed by atoms with Gasteiger partial charge in [0.25, 0.3) is 0 Å². The molecule has 19 heavy (non-hydrogen) atoms. The zero-order chi connectivity index (χ0) is 14.5. The van der Waals surface area contributed by atoms with Crippen molar-refractivity contribution in [2.24, 2.45) is 5.41 Å². The molecule has 1 aromatic heterocycles. The van der Waals surface area contributed by atoms with Crippen LogP contribution in [0.2, 0.25) is 0 Å². The molecule has 106 valence electrons. The van der Waals surface area contributed by atoms with Crippen molar-refractivity contribution < 1.29 is 14.7 Å². The van der Waals surface area contributed by atoms with Crippen molar-refractivity contribution >= 4 is 23.2 Å². The number of carboxylic acid groups (broad SMARTS) is 1. The average molecular weight is 283 g/mol. The number of carbonyl (C=O) groups excluding carboxylic acids is 1. The van der Waals surface area contributed by atoms with Crippen molar-refractivity contribution in [2.45, 2.75) is 39.5 Å². The van der Waals surface area contributed by atoms with Crippen molar-refractivity contribution in [3.63, 3.8) is 0 Å². The summed E-state index contributed by atoms with van der Waals surface area (Å²) in [6, 6.07) is 3.82. The Bertz CT molecular complexity index is 424. The summed E-state index contributed by atoms with van der Waals surface area (Å²) in [7, 11) is 0. The molecule has 1 heterocycles. The molecule has 1 amide bonds. The largest absolute Gasteiger partial charge is 0.481 e. The quantitative estimate of drug-likeness (QED) is 0.808. The smallest absolute Gasteiger partial charge is 0.311 e. The lowest BCUT2D eigenvalue weighted by molar-refractivity contribution is -0.149. The second-order valence-corrected chi connectivity index (χ2v) is 5.73. The molecule has 1 atom stereocenters. The molecule has 0 saturated heterocycles. The molecule has 0 aliphatic rings. The molecule has 0 fully saturated rings. The number of carbonyl (C=O) groups is 2. The summed E-state index contributed by atoms with van der Waals surface area (Å²) >= 11 is 1.53. The molecule has 0 aliphatic heterocycles. The Morgan fingerprint density at radius 2 is 2.05 bits per heavy atom. The Kier molecular flexibility index (Phi) is 5.54. The van der Waals surface area contributed by atoms with Gasteiger partial charge in [-0.25, -0.2) is 0 Å². The first kappa shape index (κ1) is 15.7. The van der Waals surface area contributed by atoms with E-state index in [-0.39, 0.29) is 18.4 Å². The normalized spacial score (nSPS) is 13.0. The Hall–Kier alpha value is -1.36. The Morgan fingerprint density at radius 3 is 2.47 bits per heavy atom. The van der Waals surface area contributed by atoms with Crippen LogP contribution in [0.5, 0.6) is 0 Å². The maximum atomic E-state index is 12.0. The van der Waals surface area contributed by atoms with Gasteiger partial charge in [0.15, 0.2) is 0 Å². The predicted molar refractivity (Wildman–Crippen MR) is 76.4 cm³/mol. The average Bonchev–Trinajstić information content (AvgIpc) is 2.92. The van der Waals surface area contributed by atoms with Crippen LogP contribution < -0.4 is 5.32 Å². The predicted octanol–water partition coefficient (Wildman–Crippen LogP) is 2.86. The second kappa shape index (κ2) is 6.70. The molecule has 0 spiro atoms. The van der Waals surface area contributed by atoms with Crippen molar-refractivity contribution in [3.8, 4) is 0 Å². The fourth-order valence-electron chi connectivity index (χ4n) is 1.95. The number of rotatable bonds is 7. The first-order valence-electron chi connectivity index (χ1n) is 6.51. The van der Waals surface area contributed by atoms with E-state index in [2.05, 4.69) is 5.32 Å². The van der Waals surface area contributed by atoms with Crippen LogP contribution in [0.15, 0.2) is 17.5 Å². The summed E-state index contributed by atoms with van der Waals surface area (Å²) in [6.07, 6.45) is 1.01. The summed E-state index contributed by atoms with van der Waals surface area (Å²) in [5.74, 6) is -1.20. The van der Waals surface area contributed by atoms with Gasteiger partial charge in [0, 0.05) is 11.4 Å². The van der Waals surface area contributed by atoms with E-state index < -0.39 is 11.4 Å². The van der Waals surface area contributed by atoms with Gasteiger partial charge >= 0.3 is 5.97 Å². The molecule has 4 nitrogen and oxygen atoms in total. The van der Waals surface area contributed by atoms with Crippen LogP contribution >= 0.6 is 11.3 Å². The molecule has 1 rings (SSSR count). The van der Waals surface area contributed by atoms with Gasteiger partial charge in [-0.1, -0.05) is 19.9 Å². The third kappa shape index (κ3) is 3.56. The minimum absolute atomic E-state index is 0.116. The van der Waals surface area contributed by atoms with E-state index in [1.165, 1.54) is 11.3 Å². The number of thiophene rings is 1. The molecule has 0 aromatic carbocycles. The number of amides is 1. The number of nitrogens with one attached hydrogen (secondary N) is 1. The molecule has 0 bridgehead atoms. The van der Waals surface area contributed by atoms with E-state index >= 15 is 0 Å². The van der Waals surface area contributed by atoms with Gasteiger partial charge in [-0.3, -0.25) is 9.59 Å². The highest BCUT2D eigenvalue weighted by molar-refractivity contribution is 7.10. The number of carboxylic acids is 1.